The summed E-state index contributed by atoms with van der Waals surface area (Å²) < 4.78 is 0. The van der Waals surface area contributed by atoms with E-state index in [-0.39, 0.29) is 0 Å². The summed E-state index contributed by atoms with van der Waals surface area (Å²) in [7, 11) is 0. The van der Waals surface area contributed by atoms with E-state index in [0.29, 0.717) is 12.4 Å². The molecule has 6 aromatic carbocycles. The zero-order valence-electron chi connectivity index (χ0n) is 28.1. The zero-order chi connectivity index (χ0) is 33.9. The molecule has 0 aliphatic heterocycles. The summed E-state index contributed by atoms with van der Waals surface area (Å²) in [6, 6.07) is 58.6. The number of benzene rings is 6. The Labute approximate surface area is 294 Å². The van der Waals surface area contributed by atoms with Gasteiger partial charge in [-0.25, -0.2) is 4.99 Å². The molecule has 50 heavy (non-hydrogen) atoms. The first-order chi connectivity index (χ1) is 24.7. The van der Waals surface area contributed by atoms with Crippen molar-refractivity contribution in [3.63, 3.8) is 0 Å². The van der Waals surface area contributed by atoms with Crippen LogP contribution in [-0.2, 0) is 18.4 Å². The van der Waals surface area contributed by atoms with Crippen LogP contribution in [0.25, 0.3) is 33.4 Å². The van der Waals surface area contributed by atoms with Gasteiger partial charge in [-0.1, -0.05) is 140 Å². The number of nitrogens with zero attached hydrogens (tertiary/aromatic N) is 3. The van der Waals surface area contributed by atoms with Crippen LogP contribution in [0.2, 0.25) is 0 Å². The maximum Gasteiger partial charge on any atom is 0.154 e. The standard InChI is InChI=1S/C47H37N3/c1-3-33-22-24-34(25-23-33)32-50-46(48-2)39-16-12-15-37(30-39)35-13-11-14-36(29-35)38-26-27-44-42(31-38)41-19-7-8-20-43(41)47(44,40-17-5-4-6-18-40)45-21-9-10-28-49-45/h4-31H,2-3,32H2,1H3. The van der Waals surface area contributed by atoms with Gasteiger partial charge in [-0.3, -0.25) is 9.98 Å². The van der Waals surface area contributed by atoms with Gasteiger partial charge in [-0.2, -0.15) is 0 Å². The summed E-state index contributed by atoms with van der Waals surface area (Å²) in [5, 5.41) is 0. The number of rotatable bonds is 8. The number of aliphatic imine (C=N–C) groups is 2. The average molecular weight is 644 g/mol. The molecule has 1 unspecified atom stereocenters. The molecule has 0 amide bonds. The number of hydrogen-bond acceptors (Lipinski definition) is 2. The van der Waals surface area contributed by atoms with Crippen LogP contribution in [0.5, 0.6) is 0 Å². The smallest absolute Gasteiger partial charge is 0.154 e. The van der Waals surface area contributed by atoms with Crippen LogP contribution in [-0.4, -0.2) is 17.5 Å². The highest BCUT2D eigenvalue weighted by atomic mass is 14.9. The Kier molecular flexibility index (Phi) is 8.32. The Morgan fingerprint density at radius 3 is 1.98 bits per heavy atom. The van der Waals surface area contributed by atoms with Crippen molar-refractivity contribution >= 4 is 12.6 Å². The van der Waals surface area contributed by atoms with Crippen LogP contribution in [0.15, 0.2) is 180 Å². The molecule has 240 valence electrons. The van der Waals surface area contributed by atoms with E-state index in [0.717, 1.165) is 39.9 Å². The molecule has 1 heterocycles. The molecule has 1 atom stereocenters. The van der Waals surface area contributed by atoms with Gasteiger partial charge in [0.1, 0.15) is 0 Å². The van der Waals surface area contributed by atoms with Crippen molar-refractivity contribution in [2.45, 2.75) is 25.3 Å². The monoisotopic (exact) mass is 643 g/mol. The molecule has 0 bridgehead atoms. The predicted octanol–water partition coefficient (Wildman–Crippen LogP) is 11.0. The molecule has 0 N–H and O–H groups in total. The van der Waals surface area contributed by atoms with E-state index in [2.05, 4.69) is 176 Å². The second-order valence-corrected chi connectivity index (χ2v) is 12.8. The van der Waals surface area contributed by atoms with Crippen molar-refractivity contribution in [1.29, 1.82) is 0 Å². The normalized spacial score (nSPS) is 14.9. The minimum atomic E-state index is -0.507. The van der Waals surface area contributed by atoms with Crippen molar-refractivity contribution in [3.8, 4) is 33.4 Å². The number of amidine groups is 1. The third-order valence-corrected chi connectivity index (χ3v) is 9.94. The second kappa shape index (κ2) is 13.4. The van der Waals surface area contributed by atoms with Crippen LogP contribution in [0, 0.1) is 0 Å². The van der Waals surface area contributed by atoms with E-state index >= 15 is 0 Å². The van der Waals surface area contributed by atoms with Crippen molar-refractivity contribution in [3.05, 3.63) is 209 Å². The van der Waals surface area contributed by atoms with E-state index in [1.165, 1.54) is 38.9 Å². The first-order valence-corrected chi connectivity index (χ1v) is 17.2. The highest BCUT2D eigenvalue weighted by molar-refractivity contribution is 6.02. The van der Waals surface area contributed by atoms with Crippen LogP contribution in [0.3, 0.4) is 0 Å². The molecule has 1 aliphatic carbocycles. The third kappa shape index (κ3) is 5.47. The summed E-state index contributed by atoms with van der Waals surface area (Å²) >= 11 is 0. The lowest BCUT2D eigenvalue weighted by Crippen LogP contribution is -2.29. The fourth-order valence-electron chi connectivity index (χ4n) is 7.47. The van der Waals surface area contributed by atoms with Crippen LogP contribution >= 0.6 is 0 Å². The first kappa shape index (κ1) is 31.1. The maximum atomic E-state index is 4.97. The lowest BCUT2D eigenvalue weighted by molar-refractivity contribution is 0.735. The minimum Gasteiger partial charge on any atom is -0.261 e. The molecule has 0 spiro atoms. The highest BCUT2D eigenvalue weighted by Gasteiger charge is 2.47. The van der Waals surface area contributed by atoms with Gasteiger partial charge in [-0.15, -0.1) is 0 Å². The van der Waals surface area contributed by atoms with Gasteiger partial charge < -0.3 is 0 Å². The lowest BCUT2D eigenvalue weighted by atomic mass is 9.69. The van der Waals surface area contributed by atoms with E-state index in [1.807, 2.05) is 12.3 Å². The molecule has 1 aliphatic rings. The van der Waals surface area contributed by atoms with Crippen molar-refractivity contribution < 1.29 is 0 Å². The largest absolute Gasteiger partial charge is 0.261 e. The molecule has 8 rings (SSSR count). The van der Waals surface area contributed by atoms with Gasteiger partial charge in [0.25, 0.3) is 0 Å². The quantitative estimate of drug-likeness (QED) is 0.120. The Balaban J connectivity index is 1.17. The predicted molar refractivity (Wildman–Crippen MR) is 208 cm³/mol. The van der Waals surface area contributed by atoms with Crippen LogP contribution in [0.1, 0.15) is 46.0 Å². The van der Waals surface area contributed by atoms with E-state index in [4.69, 9.17) is 9.98 Å². The van der Waals surface area contributed by atoms with Gasteiger partial charge in [0.15, 0.2) is 5.84 Å². The van der Waals surface area contributed by atoms with Crippen molar-refractivity contribution in [2.75, 3.05) is 0 Å². The molecule has 3 heteroatoms. The SMILES string of the molecule is C=NC(=NCc1ccc(CC)cc1)c1cccc(-c2cccc(-c3ccc4c(c3)-c3ccccc3C4(c3ccccc3)c3ccccn3)c2)c1. The molecule has 0 radical (unpaired) electrons. The number of aromatic nitrogens is 1. The number of pyridine rings is 1. The Bertz CT molecular complexity index is 2300. The summed E-state index contributed by atoms with van der Waals surface area (Å²) in [6.07, 6.45) is 2.93. The van der Waals surface area contributed by atoms with Gasteiger partial charge in [0.2, 0.25) is 0 Å². The third-order valence-electron chi connectivity index (χ3n) is 9.94. The fraction of sp³-hybridized carbons (Fsp3) is 0.0851. The molecule has 7 aromatic rings. The average Bonchev–Trinajstić information content (AvgIpc) is 3.50. The van der Waals surface area contributed by atoms with Gasteiger partial charge in [-0.05, 0) is 105 Å². The molecule has 0 saturated heterocycles. The van der Waals surface area contributed by atoms with Crippen LogP contribution in [0.4, 0.5) is 0 Å². The maximum absolute atomic E-state index is 4.97. The number of aryl methyl sites for hydroxylation is 1. The summed E-state index contributed by atoms with van der Waals surface area (Å²) in [5.41, 5.74) is 14.7. The molecular formula is C47H37N3. The Hall–Kier alpha value is -6.19. The Morgan fingerprint density at radius 2 is 1.24 bits per heavy atom. The van der Waals surface area contributed by atoms with Crippen molar-refractivity contribution in [2.24, 2.45) is 9.98 Å². The molecule has 0 fully saturated rings. The molecule has 0 saturated carbocycles. The van der Waals surface area contributed by atoms with Crippen molar-refractivity contribution in [1.82, 2.24) is 4.98 Å². The van der Waals surface area contributed by atoms with E-state index in [9.17, 15) is 0 Å². The van der Waals surface area contributed by atoms with E-state index in [1.54, 1.807) is 0 Å². The highest BCUT2D eigenvalue weighted by Crippen LogP contribution is 2.56. The molecule has 1 aromatic heterocycles. The minimum absolute atomic E-state index is 0.507. The fourth-order valence-corrected chi connectivity index (χ4v) is 7.47. The molecular weight excluding hydrogens is 607 g/mol. The van der Waals surface area contributed by atoms with Gasteiger partial charge >= 0.3 is 0 Å². The Morgan fingerprint density at radius 1 is 0.580 bits per heavy atom. The summed E-state index contributed by atoms with van der Waals surface area (Å²) in [6.45, 7) is 6.57. The van der Waals surface area contributed by atoms with Crippen LogP contribution < -0.4 is 0 Å². The zero-order valence-corrected chi connectivity index (χ0v) is 28.1. The second-order valence-electron chi connectivity index (χ2n) is 12.8. The van der Waals surface area contributed by atoms with E-state index < -0.39 is 5.41 Å². The summed E-state index contributed by atoms with van der Waals surface area (Å²) in [5.74, 6) is 0.648. The van der Waals surface area contributed by atoms with Gasteiger partial charge in [0, 0.05) is 11.8 Å². The lowest BCUT2D eigenvalue weighted by Gasteiger charge is -2.32. The number of fused-ring (bicyclic) bond motifs is 3. The topological polar surface area (TPSA) is 37.6 Å². The molecule has 3 nitrogen and oxygen atoms in total. The van der Waals surface area contributed by atoms with Gasteiger partial charge in [0.05, 0.1) is 17.7 Å². The summed E-state index contributed by atoms with van der Waals surface area (Å²) in [4.78, 5) is 14.1. The first-order valence-electron chi connectivity index (χ1n) is 17.2. The number of hydrogen-bond donors (Lipinski definition) is 0.